The molecule has 3 rings (SSSR count). The Labute approximate surface area is 172 Å². The van der Waals surface area contributed by atoms with E-state index in [0.29, 0.717) is 10.6 Å². The number of sulfone groups is 1. The minimum Gasteiger partial charge on any atom is -0.422 e. The van der Waals surface area contributed by atoms with Gasteiger partial charge in [0, 0.05) is 5.02 Å². The minimum atomic E-state index is -3.89. The summed E-state index contributed by atoms with van der Waals surface area (Å²) in [5.41, 5.74) is 1.10. The second-order valence-corrected chi connectivity index (χ2v) is 8.61. The Hall–Kier alpha value is -2.48. The number of halogens is 2. The number of nitrogens with zero attached hydrogens (tertiary/aromatic N) is 2. The average Bonchev–Trinajstić information content (AvgIpc) is 2.65. The van der Waals surface area contributed by atoms with Crippen LogP contribution in [0.4, 0.5) is 0 Å². The quantitative estimate of drug-likeness (QED) is 0.336. The van der Waals surface area contributed by atoms with E-state index in [0.717, 1.165) is 11.8 Å². The van der Waals surface area contributed by atoms with Crippen molar-refractivity contribution in [1.82, 2.24) is 9.97 Å². The molecule has 3 aromatic rings. The van der Waals surface area contributed by atoms with Gasteiger partial charge in [0.15, 0.2) is 5.69 Å². The van der Waals surface area contributed by atoms with Crippen molar-refractivity contribution in [2.24, 2.45) is 0 Å². The maximum atomic E-state index is 12.7. The molecule has 6 nitrogen and oxygen atoms in total. The Morgan fingerprint density at radius 1 is 1.07 bits per heavy atom. The number of hydrogen-bond acceptors (Lipinski definition) is 6. The first kappa shape index (κ1) is 20.3. The minimum absolute atomic E-state index is 0.117. The van der Waals surface area contributed by atoms with Crippen molar-refractivity contribution in [1.29, 1.82) is 0 Å². The number of aryl methyl sites for hydroxylation is 1. The largest absolute Gasteiger partial charge is 0.422 e. The summed E-state index contributed by atoms with van der Waals surface area (Å²) in [6, 6.07) is 13.1. The lowest BCUT2D eigenvalue weighted by Crippen LogP contribution is -2.16. The van der Waals surface area contributed by atoms with Crippen molar-refractivity contribution in [3.05, 3.63) is 81.6 Å². The standard InChI is InChI=1S/C19H14Cl2N2O4S/c1-12-4-2-3-5-13(12)11-28(25,26)19-22-10-16(21)17(23-19)18(24)27-15-8-6-14(20)7-9-15/h2-10H,11H2,1H3. The lowest BCUT2D eigenvalue weighted by molar-refractivity contribution is 0.0727. The molecular formula is C19H14Cl2N2O4S. The van der Waals surface area contributed by atoms with Gasteiger partial charge in [-0.25, -0.2) is 23.2 Å². The summed E-state index contributed by atoms with van der Waals surface area (Å²) in [7, 11) is -3.89. The SMILES string of the molecule is Cc1ccccc1CS(=O)(=O)c1ncc(Cl)c(C(=O)Oc2ccc(Cl)cc2)n1. The van der Waals surface area contributed by atoms with Crippen LogP contribution in [0.25, 0.3) is 0 Å². The van der Waals surface area contributed by atoms with Gasteiger partial charge in [0.1, 0.15) is 5.75 Å². The number of carbonyl (C=O) groups excluding carboxylic acids is 1. The topological polar surface area (TPSA) is 86.2 Å². The fourth-order valence-corrected chi connectivity index (χ4v) is 3.94. The zero-order valence-corrected chi connectivity index (χ0v) is 16.9. The van der Waals surface area contributed by atoms with E-state index >= 15 is 0 Å². The molecule has 0 radical (unpaired) electrons. The fraction of sp³-hybridized carbons (Fsp3) is 0.105. The van der Waals surface area contributed by atoms with E-state index in [1.165, 1.54) is 12.1 Å². The molecule has 0 aliphatic carbocycles. The Morgan fingerprint density at radius 2 is 1.75 bits per heavy atom. The van der Waals surface area contributed by atoms with Gasteiger partial charge < -0.3 is 4.74 Å². The molecule has 0 aliphatic heterocycles. The highest BCUT2D eigenvalue weighted by molar-refractivity contribution is 7.90. The van der Waals surface area contributed by atoms with Gasteiger partial charge in [-0.2, -0.15) is 0 Å². The van der Waals surface area contributed by atoms with Crippen molar-refractivity contribution >= 4 is 39.0 Å². The van der Waals surface area contributed by atoms with E-state index < -0.39 is 21.0 Å². The molecule has 2 aromatic carbocycles. The van der Waals surface area contributed by atoms with E-state index in [4.69, 9.17) is 27.9 Å². The summed E-state index contributed by atoms with van der Waals surface area (Å²) in [4.78, 5) is 20.0. The summed E-state index contributed by atoms with van der Waals surface area (Å²) >= 11 is 11.8. The van der Waals surface area contributed by atoms with Crippen LogP contribution in [0, 0.1) is 6.92 Å². The van der Waals surface area contributed by atoms with Crippen LogP contribution in [0.3, 0.4) is 0 Å². The van der Waals surface area contributed by atoms with Gasteiger partial charge >= 0.3 is 5.97 Å². The Bertz CT molecular complexity index is 1130. The zero-order valence-electron chi connectivity index (χ0n) is 14.6. The van der Waals surface area contributed by atoms with Crippen LogP contribution in [-0.4, -0.2) is 24.4 Å². The molecule has 1 aromatic heterocycles. The second-order valence-electron chi connectivity index (χ2n) is 5.88. The van der Waals surface area contributed by atoms with Gasteiger partial charge in [0.2, 0.25) is 15.0 Å². The lowest BCUT2D eigenvalue weighted by atomic mass is 10.1. The van der Waals surface area contributed by atoms with Crippen LogP contribution < -0.4 is 4.74 Å². The van der Waals surface area contributed by atoms with Crippen LogP contribution in [-0.2, 0) is 15.6 Å². The molecule has 0 saturated carbocycles. The molecule has 0 aliphatic rings. The van der Waals surface area contributed by atoms with Crippen molar-refractivity contribution in [2.75, 3.05) is 0 Å². The Balaban J connectivity index is 1.89. The van der Waals surface area contributed by atoms with E-state index in [-0.39, 0.29) is 22.2 Å². The first-order valence-electron chi connectivity index (χ1n) is 8.04. The smallest absolute Gasteiger partial charge is 0.364 e. The van der Waals surface area contributed by atoms with Gasteiger partial charge in [-0.15, -0.1) is 0 Å². The number of benzene rings is 2. The van der Waals surface area contributed by atoms with Gasteiger partial charge in [-0.1, -0.05) is 47.5 Å². The van der Waals surface area contributed by atoms with E-state index in [9.17, 15) is 13.2 Å². The highest BCUT2D eigenvalue weighted by Gasteiger charge is 2.24. The first-order valence-corrected chi connectivity index (χ1v) is 10.4. The maximum Gasteiger partial charge on any atom is 0.364 e. The molecule has 28 heavy (non-hydrogen) atoms. The van der Waals surface area contributed by atoms with Crippen molar-refractivity contribution < 1.29 is 17.9 Å². The summed E-state index contributed by atoms with van der Waals surface area (Å²) in [5, 5.41) is -0.138. The maximum absolute atomic E-state index is 12.7. The third kappa shape index (κ3) is 4.67. The molecule has 0 fully saturated rings. The number of carbonyl (C=O) groups is 1. The first-order chi connectivity index (χ1) is 13.3. The molecule has 0 bridgehead atoms. The predicted octanol–water partition coefficient (Wildman–Crippen LogP) is 4.28. The predicted molar refractivity (Wildman–Crippen MR) is 106 cm³/mol. The summed E-state index contributed by atoms with van der Waals surface area (Å²) in [5.74, 6) is -0.983. The molecule has 0 atom stereocenters. The average molecular weight is 437 g/mol. The van der Waals surface area contributed by atoms with E-state index in [2.05, 4.69) is 9.97 Å². The molecule has 0 spiro atoms. The fourth-order valence-electron chi connectivity index (χ4n) is 2.34. The molecule has 0 saturated heterocycles. The van der Waals surface area contributed by atoms with Crippen molar-refractivity contribution in [3.63, 3.8) is 0 Å². The number of hydrogen-bond donors (Lipinski definition) is 0. The van der Waals surface area contributed by atoms with Crippen LogP contribution in [0.15, 0.2) is 59.9 Å². The third-order valence-electron chi connectivity index (χ3n) is 3.82. The van der Waals surface area contributed by atoms with Gasteiger partial charge in [-0.3, -0.25) is 0 Å². The molecule has 144 valence electrons. The van der Waals surface area contributed by atoms with E-state index in [1.54, 1.807) is 24.3 Å². The van der Waals surface area contributed by atoms with Gasteiger partial charge in [0.05, 0.1) is 17.0 Å². The monoisotopic (exact) mass is 436 g/mol. The van der Waals surface area contributed by atoms with Crippen molar-refractivity contribution in [3.8, 4) is 5.75 Å². The Morgan fingerprint density at radius 3 is 2.43 bits per heavy atom. The van der Waals surface area contributed by atoms with Crippen molar-refractivity contribution in [2.45, 2.75) is 17.8 Å². The molecule has 0 unspecified atom stereocenters. The number of ether oxygens (including phenoxy) is 1. The number of rotatable bonds is 5. The molecule has 0 amide bonds. The van der Waals surface area contributed by atoms with Crippen LogP contribution in [0.2, 0.25) is 10.0 Å². The van der Waals surface area contributed by atoms with Crippen LogP contribution in [0.1, 0.15) is 21.6 Å². The number of esters is 1. The number of aromatic nitrogens is 2. The molecule has 0 N–H and O–H groups in total. The highest BCUT2D eigenvalue weighted by Crippen LogP contribution is 2.21. The van der Waals surface area contributed by atoms with Crippen LogP contribution >= 0.6 is 23.2 Å². The molecule has 9 heteroatoms. The third-order valence-corrected chi connectivity index (χ3v) is 5.80. The lowest BCUT2D eigenvalue weighted by Gasteiger charge is -2.09. The summed E-state index contributed by atoms with van der Waals surface area (Å²) in [6.45, 7) is 1.81. The second kappa shape index (κ2) is 8.26. The normalized spacial score (nSPS) is 11.2. The zero-order chi connectivity index (χ0) is 20.3. The highest BCUT2D eigenvalue weighted by atomic mass is 35.5. The van der Waals surface area contributed by atoms with Crippen LogP contribution in [0.5, 0.6) is 5.75 Å². The van der Waals surface area contributed by atoms with Gasteiger partial charge in [0.25, 0.3) is 0 Å². The summed E-state index contributed by atoms with van der Waals surface area (Å²) < 4.78 is 30.6. The van der Waals surface area contributed by atoms with Gasteiger partial charge in [-0.05, 0) is 42.3 Å². The molecule has 1 heterocycles. The summed E-state index contributed by atoms with van der Waals surface area (Å²) in [6.07, 6.45) is 1.07. The molecular weight excluding hydrogens is 423 g/mol. The van der Waals surface area contributed by atoms with E-state index in [1.807, 2.05) is 19.1 Å². The Kier molecular flexibility index (Phi) is 5.98.